The monoisotopic (exact) mass is 232 g/mol. The van der Waals surface area contributed by atoms with E-state index in [1.807, 2.05) is 30.0 Å². The zero-order valence-corrected chi connectivity index (χ0v) is 10.4. The summed E-state index contributed by atoms with van der Waals surface area (Å²) in [5, 5.41) is 1.05. The molecule has 1 heterocycles. The summed E-state index contributed by atoms with van der Waals surface area (Å²) >= 11 is 1.82. The van der Waals surface area contributed by atoms with Gasteiger partial charge in [0.25, 0.3) is 0 Å². The topological polar surface area (TPSA) is 38.9 Å². The van der Waals surface area contributed by atoms with Gasteiger partial charge in [-0.2, -0.15) is 0 Å². The minimum absolute atomic E-state index is 0.675. The standard InChI is InChI=1S/C13H16N2S/c1-9(2)8-16-12-6-5-11-10(13(12)14)4-3-7-15-11/h3-7,9H,8,14H2,1-2H3. The smallest absolute Gasteiger partial charge is 0.0723 e. The van der Waals surface area contributed by atoms with Crippen molar-refractivity contribution >= 4 is 28.4 Å². The molecule has 0 aliphatic heterocycles. The van der Waals surface area contributed by atoms with Gasteiger partial charge in [-0.25, -0.2) is 0 Å². The first-order chi connectivity index (χ1) is 7.68. The summed E-state index contributed by atoms with van der Waals surface area (Å²) in [6, 6.07) is 8.05. The van der Waals surface area contributed by atoms with E-state index in [1.165, 1.54) is 0 Å². The molecule has 0 saturated heterocycles. The number of anilines is 1. The zero-order chi connectivity index (χ0) is 11.5. The van der Waals surface area contributed by atoms with Crippen molar-refractivity contribution in [3.8, 4) is 0 Å². The lowest BCUT2D eigenvalue weighted by molar-refractivity contribution is 0.750. The van der Waals surface area contributed by atoms with Crippen LogP contribution in [-0.2, 0) is 0 Å². The molecule has 0 amide bonds. The van der Waals surface area contributed by atoms with Crippen LogP contribution < -0.4 is 5.73 Å². The third-order valence-electron chi connectivity index (χ3n) is 2.36. The number of nitrogen functional groups attached to an aromatic ring is 1. The van der Waals surface area contributed by atoms with Gasteiger partial charge in [-0.3, -0.25) is 4.98 Å². The summed E-state index contributed by atoms with van der Waals surface area (Å²) in [6.45, 7) is 4.43. The van der Waals surface area contributed by atoms with E-state index in [2.05, 4.69) is 24.9 Å². The van der Waals surface area contributed by atoms with Crippen LogP contribution in [0.1, 0.15) is 13.8 Å². The number of thioether (sulfide) groups is 1. The summed E-state index contributed by atoms with van der Waals surface area (Å²) in [6.07, 6.45) is 1.79. The fourth-order valence-corrected chi connectivity index (χ4v) is 2.48. The van der Waals surface area contributed by atoms with Crippen molar-refractivity contribution < 1.29 is 0 Å². The Kier molecular flexibility index (Phi) is 3.34. The molecule has 0 unspecified atom stereocenters. The maximum Gasteiger partial charge on any atom is 0.0723 e. The Morgan fingerprint density at radius 3 is 2.88 bits per heavy atom. The number of pyridine rings is 1. The first-order valence-electron chi connectivity index (χ1n) is 5.44. The van der Waals surface area contributed by atoms with Crippen LogP contribution in [0.4, 0.5) is 5.69 Å². The van der Waals surface area contributed by atoms with Gasteiger partial charge in [-0.15, -0.1) is 11.8 Å². The molecular weight excluding hydrogens is 216 g/mol. The predicted octanol–water partition coefficient (Wildman–Crippen LogP) is 3.57. The van der Waals surface area contributed by atoms with Crippen LogP contribution in [0.2, 0.25) is 0 Å². The molecule has 0 radical (unpaired) electrons. The summed E-state index contributed by atoms with van der Waals surface area (Å²) < 4.78 is 0. The SMILES string of the molecule is CC(C)CSc1ccc2ncccc2c1N. The van der Waals surface area contributed by atoms with E-state index in [4.69, 9.17) is 5.73 Å². The largest absolute Gasteiger partial charge is 0.397 e. The van der Waals surface area contributed by atoms with Gasteiger partial charge in [0, 0.05) is 22.2 Å². The molecular formula is C13H16N2S. The van der Waals surface area contributed by atoms with E-state index in [-0.39, 0.29) is 0 Å². The van der Waals surface area contributed by atoms with Crippen molar-refractivity contribution in [1.82, 2.24) is 4.98 Å². The van der Waals surface area contributed by atoms with Crippen molar-refractivity contribution in [3.63, 3.8) is 0 Å². The minimum Gasteiger partial charge on any atom is -0.397 e. The van der Waals surface area contributed by atoms with Gasteiger partial charge in [-0.05, 0) is 30.2 Å². The maximum atomic E-state index is 6.14. The van der Waals surface area contributed by atoms with E-state index in [0.717, 1.165) is 27.2 Å². The summed E-state index contributed by atoms with van der Waals surface area (Å²) in [5.41, 5.74) is 7.97. The quantitative estimate of drug-likeness (QED) is 0.649. The highest BCUT2D eigenvalue weighted by molar-refractivity contribution is 7.99. The molecule has 1 aromatic carbocycles. The Morgan fingerprint density at radius 1 is 1.31 bits per heavy atom. The molecule has 0 fully saturated rings. The number of benzene rings is 1. The van der Waals surface area contributed by atoms with Gasteiger partial charge >= 0.3 is 0 Å². The first kappa shape index (κ1) is 11.3. The summed E-state index contributed by atoms with van der Waals surface area (Å²) in [5.74, 6) is 1.77. The van der Waals surface area contributed by atoms with Crippen molar-refractivity contribution in [1.29, 1.82) is 0 Å². The Hall–Kier alpha value is -1.22. The van der Waals surface area contributed by atoms with E-state index in [1.54, 1.807) is 6.20 Å². The van der Waals surface area contributed by atoms with Gasteiger partial charge in [0.05, 0.1) is 11.2 Å². The Bertz CT molecular complexity index is 494. The lowest BCUT2D eigenvalue weighted by atomic mass is 10.2. The number of hydrogen-bond donors (Lipinski definition) is 1. The normalized spacial score (nSPS) is 11.2. The Morgan fingerprint density at radius 2 is 2.12 bits per heavy atom. The average molecular weight is 232 g/mol. The number of rotatable bonds is 3. The maximum absolute atomic E-state index is 6.14. The number of hydrogen-bond acceptors (Lipinski definition) is 3. The minimum atomic E-state index is 0.675. The highest BCUT2D eigenvalue weighted by Crippen LogP contribution is 2.31. The number of nitrogens with zero attached hydrogens (tertiary/aromatic N) is 1. The molecule has 2 nitrogen and oxygen atoms in total. The molecule has 0 atom stereocenters. The molecule has 84 valence electrons. The molecule has 3 heteroatoms. The van der Waals surface area contributed by atoms with Crippen LogP contribution in [0, 0.1) is 5.92 Å². The first-order valence-corrected chi connectivity index (χ1v) is 6.43. The van der Waals surface area contributed by atoms with Crippen LogP contribution in [0.3, 0.4) is 0 Å². The fraction of sp³-hybridized carbons (Fsp3) is 0.308. The Labute approximate surface area is 100 Å². The third-order valence-corrected chi connectivity index (χ3v) is 3.86. The molecule has 0 saturated carbocycles. The van der Waals surface area contributed by atoms with Crippen LogP contribution in [0.15, 0.2) is 35.4 Å². The van der Waals surface area contributed by atoms with Gasteiger partial charge in [0.15, 0.2) is 0 Å². The van der Waals surface area contributed by atoms with Crippen LogP contribution in [-0.4, -0.2) is 10.7 Å². The van der Waals surface area contributed by atoms with Crippen LogP contribution >= 0.6 is 11.8 Å². The Balaban J connectivity index is 2.37. The van der Waals surface area contributed by atoms with Crippen molar-refractivity contribution in [2.75, 3.05) is 11.5 Å². The number of fused-ring (bicyclic) bond motifs is 1. The molecule has 2 N–H and O–H groups in total. The lowest BCUT2D eigenvalue weighted by Gasteiger charge is -2.09. The summed E-state index contributed by atoms with van der Waals surface area (Å²) in [7, 11) is 0. The molecule has 0 spiro atoms. The second-order valence-electron chi connectivity index (χ2n) is 4.25. The van der Waals surface area contributed by atoms with E-state index in [0.29, 0.717) is 5.92 Å². The molecule has 16 heavy (non-hydrogen) atoms. The van der Waals surface area contributed by atoms with Gasteiger partial charge in [0.2, 0.25) is 0 Å². The molecule has 2 rings (SSSR count). The zero-order valence-electron chi connectivity index (χ0n) is 9.60. The highest BCUT2D eigenvalue weighted by atomic mass is 32.2. The summed E-state index contributed by atoms with van der Waals surface area (Å²) in [4.78, 5) is 5.45. The molecule has 0 aliphatic rings. The van der Waals surface area contributed by atoms with E-state index < -0.39 is 0 Å². The van der Waals surface area contributed by atoms with Crippen LogP contribution in [0.5, 0.6) is 0 Å². The van der Waals surface area contributed by atoms with E-state index in [9.17, 15) is 0 Å². The van der Waals surface area contributed by atoms with E-state index >= 15 is 0 Å². The molecule has 0 aliphatic carbocycles. The molecule has 2 aromatic rings. The van der Waals surface area contributed by atoms with Crippen molar-refractivity contribution in [3.05, 3.63) is 30.5 Å². The molecule has 0 bridgehead atoms. The fourth-order valence-electron chi connectivity index (χ4n) is 1.54. The third kappa shape index (κ3) is 2.30. The second kappa shape index (κ2) is 4.74. The second-order valence-corrected chi connectivity index (χ2v) is 5.31. The number of nitrogens with two attached hydrogens (primary N) is 1. The average Bonchev–Trinajstić information content (AvgIpc) is 2.28. The van der Waals surface area contributed by atoms with Crippen LogP contribution in [0.25, 0.3) is 10.9 Å². The predicted molar refractivity (Wildman–Crippen MR) is 71.7 cm³/mol. The van der Waals surface area contributed by atoms with Crippen molar-refractivity contribution in [2.45, 2.75) is 18.7 Å². The highest BCUT2D eigenvalue weighted by Gasteiger charge is 2.06. The lowest BCUT2D eigenvalue weighted by Crippen LogP contribution is -1.95. The van der Waals surface area contributed by atoms with Gasteiger partial charge in [-0.1, -0.05) is 13.8 Å². The van der Waals surface area contributed by atoms with Gasteiger partial charge in [0.1, 0.15) is 0 Å². The van der Waals surface area contributed by atoms with Crippen molar-refractivity contribution in [2.24, 2.45) is 5.92 Å². The number of aromatic nitrogens is 1. The molecule has 1 aromatic heterocycles. The van der Waals surface area contributed by atoms with Gasteiger partial charge < -0.3 is 5.73 Å².